The Morgan fingerprint density at radius 2 is 1.54 bits per heavy atom. The Labute approximate surface area is 212 Å². The molecular formula is C24H33N5O8. The fourth-order valence-corrected chi connectivity index (χ4v) is 3.62. The molecule has 1 aromatic heterocycles. The van der Waals surface area contributed by atoms with E-state index in [1.807, 2.05) is 19.1 Å². The van der Waals surface area contributed by atoms with E-state index >= 15 is 0 Å². The lowest BCUT2D eigenvalue weighted by atomic mass is 9.99. The average molecular weight is 520 g/mol. The quantitative estimate of drug-likeness (QED) is 0.154. The molecule has 9 N–H and O–H groups in total. The number of aliphatic hydroxyl groups excluding tert-OH is 1. The number of nitrogens with two attached hydrogens (primary N) is 1. The van der Waals surface area contributed by atoms with E-state index in [2.05, 4.69) is 20.9 Å². The summed E-state index contributed by atoms with van der Waals surface area (Å²) >= 11 is 0. The summed E-state index contributed by atoms with van der Waals surface area (Å²) in [6, 6.07) is 1.64. The molecule has 202 valence electrons. The summed E-state index contributed by atoms with van der Waals surface area (Å²) in [6.07, 6.45) is 1.31. The number of para-hydroxylation sites is 1. The molecule has 0 aliphatic rings. The van der Waals surface area contributed by atoms with E-state index in [4.69, 9.17) is 10.8 Å². The van der Waals surface area contributed by atoms with Crippen LogP contribution in [0.1, 0.15) is 32.3 Å². The largest absolute Gasteiger partial charge is 0.481 e. The van der Waals surface area contributed by atoms with Crippen LogP contribution in [0.3, 0.4) is 0 Å². The van der Waals surface area contributed by atoms with E-state index in [1.165, 1.54) is 0 Å². The number of carbonyl (C=O) groups excluding carboxylic acids is 3. The van der Waals surface area contributed by atoms with Gasteiger partial charge in [0.2, 0.25) is 17.7 Å². The molecule has 0 saturated heterocycles. The molecule has 0 aliphatic carbocycles. The fraction of sp³-hybridized carbons (Fsp3) is 0.458. The van der Waals surface area contributed by atoms with E-state index in [-0.39, 0.29) is 12.3 Å². The predicted octanol–water partition coefficient (Wildman–Crippen LogP) is -0.910. The van der Waals surface area contributed by atoms with Crippen LogP contribution >= 0.6 is 0 Å². The van der Waals surface area contributed by atoms with Gasteiger partial charge in [-0.3, -0.25) is 19.2 Å². The Balaban J connectivity index is 2.11. The van der Waals surface area contributed by atoms with Gasteiger partial charge in [-0.1, -0.05) is 38.5 Å². The summed E-state index contributed by atoms with van der Waals surface area (Å²) < 4.78 is 0. The van der Waals surface area contributed by atoms with Crippen LogP contribution in [-0.4, -0.2) is 80.7 Å². The van der Waals surface area contributed by atoms with E-state index in [9.17, 15) is 34.2 Å². The van der Waals surface area contributed by atoms with Crippen LogP contribution in [0, 0.1) is 5.92 Å². The number of hydrogen-bond donors (Lipinski definition) is 8. The SMILES string of the molecule is CCC(C)C(N)C(=O)NC(CC(=O)O)C(=O)NC(CO)C(=O)NC(Cc1c[nH]c2ccccc12)C(=O)O. The average Bonchev–Trinajstić information content (AvgIpc) is 3.27. The number of amides is 3. The highest BCUT2D eigenvalue weighted by molar-refractivity contribution is 5.96. The number of aliphatic hydroxyl groups is 1. The third kappa shape index (κ3) is 8.02. The first-order valence-corrected chi connectivity index (χ1v) is 11.8. The second-order valence-electron chi connectivity index (χ2n) is 8.78. The molecule has 0 fully saturated rings. The minimum Gasteiger partial charge on any atom is -0.481 e. The van der Waals surface area contributed by atoms with Crippen LogP contribution in [0.15, 0.2) is 30.5 Å². The Bertz CT molecular complexity index is 1130. The first-order valence-electron chi connectivity index (χ1n) is 11.8. The number of H-pyrrole nitrogens is 1. The van der Waals surface area contributed by atoms with Gasteiger partial charge < -0.3 is 42.0 Å². The van der Waals surface area contributed by atoms with Crippen molar-refractivity contribution in [3.05, 3.63) is 36.0 Å². The highest BCUT2D eigenvalue weighted by atomic mass is 16.4. The highest BCUT2D eigenvalue weighted by Gasteiger charge is 2.32. The van der Waals surface area contributed by atoms with Crippen molar-refractivity contribution in [2.75, 3.05) is 6.61 Å². The second kappa shape index (κ2) is 13.4. The van der Waals surface area contributed by atoms with Gasteiger partial charge >= 0.3 is 11.9 Å². The Kier molecular flexibility index (Phi) is 10.6. The van der Waals surface area contributed by atoms with Crippen molar-refractivity contribution in [1.82, 2.24) is 20.9 Å². The highest BCUT2D eigenvalue weighted by Crippen LogP contribution is 2.19. The zero-order valence-electron chi connectivity index (χ0n) is 20.6. The number of benzene rings is 1. The monoisotopic (exact) mass is 519 g/mol. The van der Waals surface area contributed by atoms with Crippen molar-refractivity contribution in [2.24, 2.45) is 11.7 Å². The Morgan fingerprint density at radius 3 is 2.14 bits per heavy atom. The predicted molar refractivity (Wildman–Crippen MR) is 132 cm³/mol. The van der Waals surface area contributed by atoms with E-state index in [0.717, 1.165) is 10.9 Å². The van der Waals surface area contributed by atoms with Crippen molar-refractivity contribution in [3.8, 4) is 0 Å². The van der Waals surface area contributed by atoms with Gasteiger partial charge in [-0.2, -0.15) is 0 Å². The molecule has 0 radical (unpaired) electrons. The molecular weight excluding hydrogens is 486 g/mol. The Morgan fingerprint density at radius 1 is 0.946 bits per heavy atom. The summed E-state index contributed by atoms with van der Waals surface area (Å²) in [5.41, 5.74) is 7.27. The molecule has 2 rings (SSSR count). The van der Waals surface area contributed by atoms with Crippen molar-refractivity contribution in [1.29, 1.82) is 0 Å². The van der Waals surface area contributed by atoms with E-state index < -0.39 is 66.9 Å². The number of carboxylic acid groups (broad SMARTS) is 2. The summed E-state index contributed by atoms with van der Waals surface area (Å²) in [6.45, 7) is 2.63. The van der Waals surface area contributed by atoms with Gasteiger partial charge in [-0.15, -0.1) is 0 Å². The maximum Gasteiger partial charge on any atom is 0.326 e. The van der Waals surface area contributed by atoms with E-state index in [1.54, 1.807) is 25.3 Å². The zero-order chi connectivity index (χ0) is 27.7. The first kappa shape index (κ1) is 29.3. The number of carboxylic acids is 2. The number of hydrogen-bond acceptors (Lipinski definition) is 7. The fourth-order valence-electron chi connectivity index (χ4n) is 3.62. The molecule has 13 heteroatoms. The minimum atomic E-state index is -1.60. The third-order valence-electron chi connectivity index (χ3n) is 6.10. The van der Waals surface area contributed by atoms with Crippen molar-refractivity contribution in [2.45, 2.75) is 57.3 Å². The molecule has 2 aromatic rings. The van der Waals surface area contributed by atoms with Gasteiger partial charge in [0.25, 0.3) is 0 Å². The number of aromatic amines is 1. The van der Waals surface area contributed by atoms with Gasteiger partial charge in [-0.25, -0.2) is 4.79 Å². The number of aliphatic carboxylic acids is 2. The standard InChI is InChI=1S/C24H33N5O8/c1-3-12(2)20(25)23(35)27-16(9-19(31)32)21(33)29-18(11-30)22(34)28-17(24(36)37)8-13-10-26-15-7-5-4-6-14(13)15/h4-7,10,12,16-18,20,26,30H,3,8-9,11,25H2,1-2H3,(H,27,35)(H,28,34)(H,29,33)(H,31,32)(H,36,37). The molecule has 5 unspecified atom stereocenters. The summed E-state index contributed by atoms with van der Waals surface area (Å²) in [5, 5.41) is 36.0. The van der Waals surface area contributed by atoms with Crippen LogP contribution in [0.25, 0.3) is 10.9 Å². The van der Waals surface area contributed by atoms with Gasteiger partial charge in [0.15, 0.2) is 0 Å². The van der Waals surface area contributed by atoms with Crippen molar-refractivity contribution in [3.63, 3.8) is 0 Å². The number of aromatic nitrogens is 1. The lowest BCUT2D eigenvalue weighted by molar-refractivity contribution is -0.143. The number of carbonyl (C=O) groups is 5. The van der Waals surface area contributed by atoms with E-state index in [0.29, 0.717) is 12.0 Å². The lowest BCUT2D eigenvalue weighted by Crippen LogP contribution is -2.59. The molecule has 1 heterocycles. The van der Waals surface area contributed by atoms with Gasteiger partial charge in [0.1, 0.15) is 18.1 Å². The van der Waals surface area contributed by atoms with Crippen molar-refractivity contribution < 1.29 is 39.3 Å². The van der Waals surface area contributed by atoms with Crippen molar-refractivity contribution >= 4 is 40.6 Å². The van der Waals surface area contributed by atoms with Crippen LogP contribution in [0.2, 0.25) is 0 Å². The molecule has 5 atom stereocenters. The first-order chi connectivity index (χ1) is 17.5. The van der Waals surface area contributed by atoms with Crippen LogP contribution in [-0.2, 0) is 30.4 Å². The van der Waals surface area contributed by atoms with Gasteiger partial charge in [0, 0.05) is 23.5 Å². The zero-order valence-corrected chi connectivity index (χ0v) is 20.6. The molecule has 0 spiro atoms. The molecule has 0 saturated carbocycles. The third-order valence-corrected chi connectivity index (χ3v) is 6.10. The number of nitrogens with one attached hydrogen (secondary N) is 4. The normalized spacial score (nSPS) is 15.1. The van der Waals surface area contributed by atoms with Gasteiger partial charge in [0.05, 0.1) is 19.1 Å². The van der Waals surface area contributed by atoms with Crippen LogP contribution < -0.4 is 21.7 Å². The summed E-state index contributed by atoms with van der Waals surface area (Å²) in [4.78, 5) is 63.9. The maximum atomic E-state index is 12.7. The minimum absolute atomic E-state index is 0.0810. The summed E-state index contributed by atoms with van der Waals surface area (Å²) in [5.74, 6) is -5.77. The number of fused-ring (bicyclic) bond motifs is 1. The lowest BCUT2D eigenvalue weighted by Gasteiger charge is -2.24. The molecule has 1 aromatic carbocycles. The molecule has 37 heavy (non-hydrogen) atoms. The second-order valence-corrected chi connectivity index (χ2v) is 8.78. The van der Waals surface area contributed by atoms with Crippen LogP contribution in [0.4, 0.5) is 0 Å². The molecule has 3 amide bonds. The van der Waals surface area contributed by atoms with Gasteiger partial charge in [-0.05, 0) is 17.5 Å². The molecule has 0 bridgehead atoms. The molecule has 0 aliphatic heterocycles. The number of rotatable bonds is 14. The van der Waals surface area contributed by atoms with Crippen LogP contribution in [0.5, 0.6) is 0 Å². The molecule has 13 nitrogen and oxygen atoms in total. The smallest absolute Gasteiger partial charge is 0.326 e. The topological polar surface area (TPSA) is 224 Å². The summed E-state index contributed by atoms with van der Waals surface area (Å²) in [7, 11) is 0. The Hall–Kier alpha value is -3.97. The maximum absolute atomic E-state index is 12.7.